The van der Waals surface area contributed by atoms with Crippen LogP contribution in [-0.2, 0) is 0 Å². The lowest BCUT2D eigenvalue weighted by Crippen LogP contribution is -2.08. The van der Waals surface area contributed by atoms with Gasteiger partial charge in [-0.05, 0) is 83.4 Å². The van der Waals surface area contributed by atoms with E-state index in [4.69, 9.17) is 14.4 Å². The van der Waals surface area contributed by atoms with Gasteiger partial charge in [0.1, 0.15) is 17.1 Å². The van der Waals surface area contributed by atoms with Crippen LogP contribution < -0.4 is 0 Å². The van der Waals surface area contributed by atoms with Gasteiger partial charge in [0, 0.05) is 49.0 Å². The molecule has 0 saturated carbocycles. The average Bonchev–Trinajstić information content (AvgIpc) is 3.99. The van der Waals surface area contributed by atoms with Crippen molar-refractivity contribution in [3.05, 3.63) is 206 Å². The van der Waals surface area contributed by atoms with Crippen LogP contribution in [0, 0.1) is 6.92 Å². The van der Waals surface area contributed by atoms with Gasteiger partial charge in [-0.1, -0.05) is 146 Å². The zero-order valence-electron chi connectivity index (χ0n) is 33.7. The highest BCUT2D eigenvalue weighted by Crippen LogP contribution is 2.44. The van der Waals surface area contributed by atoms with Crippen molar-refractivity contribution in [3.63, 3.8) is 0 Å². The zero-order valence-corrected chi connectivity index (χ0v) is 33.7. The summed E-state index contributed by atoms with van der Waals surface area (Å²) in [5.41, 5.74) is 12.9. The first-order valence-corrected chi connectivity index (χ1v) is 21.1. The molecular weight excluding hydrogens is 757 g/mol. The van der Waals surface area contributed by atoms with Gasteiger partial charge in [-0.25, -0.2) is 9.97 Å². The fourth-order valence-electron chi connectivity index (χ4n) is 9.82. The normalized spacial score (nSPS) is 12.0. The van der Waals surface area contributed by atoms with E-state index in [1.165, 1.54) is 32.3 Å². The van der Waals surface area contributed by atoms with Gasteiger partial charge in [-0.3, -0.25) is 4.57 Å². The molecule has 0 bridgehead atoms. The first kappa shape index (κ1) is 34.6. The Balaban J connectivity index is 1.18. The van der Waals surface area contributed by atoms with E-state index in [2.05, 4.69) is 210 Å². The fraction of sp³-hybridized carbons (Fsp3) is 0.0175. The second-order valence-electron chi connectivity index (χ2n) is 16.2. The molecule has 0 radical (unpaired) electrons. The van der Waals surface area contributed by atoms with Gasteiger partial charge in [-0.15, -0.1) is 0 Å². The number of hydrogen-bond donors (Lipinski definition) is 0. The molecule has 5 heteroatoms. The Bertz CT molecular complexity index is 3890. The predicted molar refractivity (Wildman–Crippen MR) is 257 cm³/mol. The lowest BCUT2D eigenvalue weighted by Gasteiger charge is -2.19. The summed E-state index contributed by atoms with van der Waals surface area (Å²) in [5, 5.41) is 9.17. The van der Waals surface area contributed by atoms with Crippen molar-refractivity contribution in [2.75, 3.05) is 0 Å². The second-order valence-corrected chi connectivity index (χ2v) is 16.2. The predicted octanol–water partition coefficient (Wildman–Crippen LogP) is 15.0. The van der Waals surface area contributed by atoms with Crippen molar-refractivity contribution in [2.45, 2.75) is 6.92 Å². The van der Waals surface area contributed by atoms with Crippen LogP contribution in [0.15, 0.2) is 205 Å². The Hall–Kier alpha value is -8.28. The molecule has 9 aromatic carbocycles. The van der Waals surface area contributed by atoms with E-state index in [1.807, 2.05) is 6.07 Å². The van der Waals surface area contributed by atoms with Crippen molar-refractivity contribution < 1.29 is 4.42 Å². The molecule has 290 valence electrons. The maximum Gasteiger partial charge on any atom is 0.164 e. The molecule has 0 aliphatic rings. The van der Waals surface area contributed by atoms with Crippen LogP contribution in [0.4, 0.5) is 0 Å². The molecule has 13 aromatic rings. The topological polar surface area (TPSA) is 48.8 Å². The summed E-state index contributed by atoms with van der Waals surface area (Å²) in [6, 6.07) is 71.1. The molecule has 4 aromatic heterocycles. The highest BCUT2D eigenvalue weighted by atomic mass is 16.3. The number of fused-ring (bicyclic) bond motifs is 10. The molecule has 5 nitrogen and oxygen atoms in total. The van der Waals surface area contributed by atoms with Crippen molar-refractivity contribution >= 4 is 76.3 Å². The van der Waals surface area contributed by atoms with E-state index in [0.717, 1.165) is 89.0 Å². The highest BCUT2D eigenvalue weighted by molar-refractivity contribution is 6.17. The van der Waals surface area contributed by atoms with E-state index in [0.29, 0.717) is 5.82 Å². The Morgan fingerprint density at radius 2 is 0.984 bits per heavy atom. The van der Waals surface area contributed by atoms with Crippen LogP contribution in [0.2, 0.25) is 0 Å². The fourth-order valence-corrected chi connectivity index (χ4v) is 9.82. The van der Waals surface area contributed by atoms with Crippen LogP contribution in [-0.4, -0.2) is 19.1 Å². The third kappa shape index (κ3) is 5.09. The third-order valence-electron chi connectivity index (χ3n) is 12.7. The largest absolute Gasteiger partial charge is 0.454 e. The van der Waals surface area contributed by atoms with E-state index < -0.39 is 0 Å². The minimum atomic E-state index is 0.608. The Morgan fingerprint density at radius 1 is 0.403 bits per heavy atom. The molecule has 0 amide bonds. The minimum absolute atomic E-state index is 0.608. The van der Waals surface area contributed by atoms with E-state index in [-0.39, 0.29) is 0 Å². The van der Waals surface area contributed by atoms with Crippen LogP contribution in [0.5, 0.6) is 0 Å². The number of rotatable bonds is 5. The molecule has 0 unspecified atom stereocenters. The smallest absolute Gasteiger partial charge is 0.164 e. The monoisotopic (exact) mass is 792 g/mol. The number of para-hydroxylation sites is 4. The summed E-state index contributed by atoms with van der Waals surface area (Å²) >= 11 is 0. The van der Waals surface area contributed by atoms with Crippen molar-refractivity contribution in [1.29, 1.82) is 0 Å². The van der Waals surface area contributed by atoms with Gasteiger partial charge in [0.2, 0.25) is 0 Å². The van der Waals surface area contributed by atoms with Crippen molar-refractivity contribution in [2.24, 2.45) is 0 Å². The average molecular weight is 793 g/mol. The summed E-state index contributed by atoms with van der Waals surface area (Å²) in [5.74, 6) is 1.44. The highest BCUT2D eigenvalue weighted by Gasteiger charge is 2.26. The second kappa shape index (κ2) is 13.4. The van der Waals surface area contributed by atoms with Crippen molar-refractivity contribution in [1.82, 2.24) is 19.1 Å². The summed E-state index contributed by atoms with van der Waals surface area (Å²) in [7, 11) is 0. The lowest BCUT2D eigenvalue weighted by molar-refractivity contribution is 0.666. The molecule has 0 spiro atoms. The summed E-state index contributed by atoms with van der Waals surface area (Å²) in [6.45, 7) is 2.16. The number of nitrogens with zero attached hydrogens (tertiary/aromatic N) is 4. The van der Waals surface area contributed by atoms with Crippen LogP contribution >= 0.6 is 0 Å². The minimum Gasteiger partial charge on any atom is -0.454 e. The first-order chi connectivity index (χ1) is 30.7. The number of aromatic nitrogens is 4. The molecule has 0 aliphatic heterocycles. The van der Waals surface area contributed by atoms with Gasteiger partial charge < -0.3 is 8.98 Å². The van der Waals surface area contributed by atoms with E-state index >= 15 is 0 Å². The van der Waals surface area contributed by atoms with Crippen LogP contribution in [0.1, 0.15) is 5.56 Å². The van der Waals surface area contributed by atoms with Gasteiger partial charge in [-0.2, -0.15) is 0 Å². The van der Waals surface area contributed by atoms with Gasteiger partial charge in [0.25, 0.3) is 0 Å². The maximum absolute atomic E-state index is 6.99. The zero-order chi connectivity index (χ0) is 40.9. The summed E-state index contributed by atoms with van der Waals surface area (Å²) in [6.07, 6.45) is 0. The molecule has 62 heavy (non-hydrogen) atoms. The number of benzene rings is 9. The summed E-state index contributed by atoms with van der Waals surface area (Å²) in [4.78, 5) is 11.3. The van der Waals surface area contributed by atoms with Gasteiger partial charge in [0.15, 0.2) is 11.4 Å². The maximum atomic E-state index is 6.99. The van der Waals surface area contributed by atoms with Crippen molar-refractivity contribution in [3.8, 4) is 45.3 Å². The molecule has 0 saturated heterocycles. The molecule has 0 N–H and O–H groups in total. The molecule has 13 rings (SSSR count). The lowest BCUT2D eigenvalue weighted by atomic mass is 9.99. The Morgan fingerprint density at radius 3 is 1.73 bits per heavy atom. The quantitative estimate of drug-likeness (QED) is 0.174. The molecular formula is C57H36N4O. The number of hydrogen-bond acceptors (Lipinski definition) is 3. The van der Waals surface area contributed by atoms with Gasteiger partial charge >= 0.3 is 0 Å². The third-order valence-corrected chi connectivity index (χ3v) is 12.7. The standard InChI is InChI=1S/C57H36N4O/c1-35-53(40-21-15-20-37(32-40)36-16-3-2-4-17-36)58-56(59-57(35)61-49-27-12-7-22-41(49)42-23-8-13-28-50(42)61)46-31-30-45-44-25-10-14-29-52(44)62-55(45)54(46)60-48-26-11-9-24-43(48)47-33-38-18-5-6-19-39(38)34-51(47)60/h2-34H,1H3. The van der Waals surface area contributed by atoms with Crippen LogP contribution in [0.25, 0.3) is 122 Å². The number of furan rings is 1. The molecule has 4 heterocycles. The Labute approximate surface area is 356 Å². The SMILES string of the molecule is Cc1c(-c2cccc(-c3ccccc3)c2)nc(-c2ccc3c(oc4ccccc43)c2-n2c3ccccc3c3cc4ccccc4cc32)nc1-n1c2ccccc2c2ccccc21. The Kier molecular flexibility index (Phi) is 7.45. The molecule has 0 fully saturated rings. The van der Waals surface area contributed by atoms with E-state index in [1.54, 1.807) is 0 Å². The van der Waals surface area contributed by atoms with Crippen LogP contribution in [0.3, 0.4) is 0 Å². The van der Waals surface area contributed by atoms with E-state index in [9.17, 15) is 0 Å². The molecule has 0 atom stereocenters. The first-order valence-electron chi connectivity index (χ1n) is 21.1. The summed E-state index contributed by atoms with van der Waals surface area (Å²) < 4.78 is 11.7. The molecule has 0 aliphatic carbocycles. The van der Waals surface area contributed by atoms with Gasteiger partial charge in [0.05, 0.1) is 27.8 Å².